The predicted molar refractivity (Wildman–Crippen MR) is 60.5 cm³/mol. The lowest BCUT2D eigenvalue weighted by atomic mass is 10.1. The average molecular weight is 244 g/mol. The molecule has 1 nitrogen and oxygen atoms in total. The molecule has 0 aliphatic rings. The molecule has 0 spiro atoms. The van der Waals surface area contributed by atoms with Crippen molar-refractivity contribution in [1.29, 1.82) is 0 Å². The first kappa shape index (κ1) is 13.8. The summed E-state index contributed by atoms with van der Waals surface area (Å²) in [6.07, 6.45) is -0.619. The molecule has 1 aromatic rings. The van der Waals surface area contributed by atoms with E-state index >= 15 is 0 Å². The molecule has 0 aliphatic carbocycles. The Kier molecular flexibility index (Phi) is 5.22. The number of halogens is 3. The molecule has 0 bridgehead atoms. The predicted octanol–water partition coefficient (Wildman–Crippen LogP) is 3.35. The van der Waals surface area contributed by atoms with E-state index in [-0.39, 0.29) is 0 Å². The van der Waals surface area contributed by atoms with Crippen LogP contribution in [-0.4, -0.2) is 17.9 Å². The highest BCUT2D eigenvalue weighted by Crippen LogP contribution is 2.26. The van der Waals surface area contributed by atoms with Crippen LogP contribution in [0.5, 0.6) is 0 Å². The standard InChI is InChI=1S/C13H15F3O/c14-13(15,16)12(10-17)9-5-4-8-11-6-2-1-3-7-11/h1-3,5-7,9,12,17H,4,8,10H2/b9-5+/t12-/m1/s1. The van der Waals surface area contributed by atoms with Gasteiger partial charge in [-0.3, -0.25) is 0 Å². The zero-order valence-corrected chi connectivity index (χ0v) is 9.32. The average Bonchev–Trinajstić information content (AvgIpc) is 2.28. The molecule has 4 heteroatoms. The van der Waals surface area contributed by atoms with Gasteiger partial charge in [-0.15, -0.1) is 0 Å². The zero-order chi connectivity index (χ0) is 12.7. The number of rotatable bonds is 5. The van der Waals surface area contributed by atoms with E-state index in [0.717, 1.165) is 11.6 Å². The molecule has 1 atom stereocenters. The highest BCUT2D eigenvalue weighted by Gasteiger charge is 2.36. The fraction of sp³-hybridized carbons (Fsp3) is 0.385. The third-order valence-corrected chi connectivity index (χ3v) is 2.43. The topological polar surface area (TPSA) is 20.2 Å². The Morgan fingerprint density at radius 1 is 1.18 bits per heavy atom. The van der Waals surface area contributed by atoms with Crippen molar-refractivity contribution in [1.82, 2.24) is 0 Å². The molecule has 0 saturated carbocycles. The van der Waals surface area contributed by atoms with E-state index in [1.54, 1.807) is 0 Å². The Morgan fingerprint density at radius 3 is 2.35 bits per heavy atom. The maximum absolute atomic E-state index is 12.3. The van der Waals surface area contributed by atoms with Gasteiger partial charge in [-0.2, -0.15) is 13.2 Å². The number of aliphatic hydroxyl groups excluding tert-OH is 1. The molecule has 0 fully saturated rings. The number of allylic oxidation sites excluding steroid dienone is 1. The number of benzene rings is 1. The zero-order valence-electron chi connectivity index (χ0n) is 9.32. The number of alkyl halides is 3. The van der Waals surface area contributed by atoms with E-state index in [4.69, 9.17) is 5.11 Å². The van der Waals surface area contributed by atoms with Crippen molar-refractivity contribution in [2.24, 2.45) is 5.92 Å². The minimum atomic E-state index is -4.36. The minimum Gasteiger partial charge on any atom is -0.395 e. The van der Waals surface area contributed by atoms with Gasteiger partial charge in [0.1, 0.15) is 0 Å². The van der Waals surface area contributed by atoms with Gasteiger partial charge in [-0.25, -0.2) is 0 Å². The first-order chi connectivity index (χ1) is 8.04. The normalized spacial score (nSPS) is 14.1. The summed E-state index contributed by atoms with van der Waals surface area (Å²) in [5, 5.41) is 8.61. The van der Waals surface area contributed by atoms with Crippen LogP contribution in [0.25, 0.3) is 0 Å². The molecule has 0 radical (unpaired) electrons. The van der Waals surface area contributed by atoms with Crippen LogP contribution in [0.4, 0.5) is 13.2 Å². The Balaban J connectivity index is 2.40. The van der Waals surface area contributed by atoms with E-state index in [2.05, 4.69) is 0 Å². The lowest BCUT2D eigenvalue weighted by Gasteiger charge is -2.13. The summed E-state index contributed by atoms with van der Waals surface area (Å²) in [6, 6.07) is 9.55. The first-order valence-electron chi connectivity index (χ1n) is 5.42. The minimum absolute atomic E-state index is 0.538. The monoisotopic (exact) mass is 244 g/mol. The Bertz CT molecular complexity index is 343. The maximum Gasteiger partial charge on any atom is 0.397 e. The number of aryl methyl sites for hydroxylation is 1. The Labute approximate surface area is 98.6 Å². The van der Waals surface area contributed by atoms with Gasteiger partial charge in [0.05, 0.1) is 12.5 Å². The highest BCUT2D eigenvalue weighted by atomic mass is 19.4. The molecular formula is C13H15F3O. The van der Waals surface area contributed by atoms with Crippen LogP contribution in [0, 0.1) is 5.92 Å². The Morgan fingerprint density at radius 2 is 1.82 bits per heavy atom. The van der Waals surface area contributed by atoms with Crippen molar-refractivity contribution < 1.29 is 18.3 Å². The van der Waals surface area contributed by atoms with Gasteiger partial charge in [0.25, 0.3) is 0 Å². The van der Waals surface area contributed by atoms with E-state index < -0.39 is 18.7 Å². The second kappa shape index (κ2) is 6.45. The fourth-order valence-electron chi connectivity index (χ4n) is 1.43. The molecule has 0 aromatic heterocycles. The summed E-state index contributed by atoms with van der Waals surface area (Å²) in [6.45, 7) is -0.897. The van der Waals surface area contributed by atoms with Gasteiger partial charge in [-0.05, 0) is 18.4 Å². The van der Waals surface area contributed by atoms with Gasteiger partial charge in [0, 0.05) is 0 Å². The van der Waals surface area contributed by atoms with Gasteiger partial charge >= 0.3 is 6.18 Å². The summed E-state index contributed by atoms with van der Waals surface area (Å²) >= 11 is 0. The van der Waals surface area contributed by atoms with E-state index in [9.17, 15) is 13.2 Å². The lowest BCUT2D eigenvalue weighted by molar-refractivity contribution is -0.169. The van der Waals surface area contributed by atoms with Gasteiger partial charge in [-0.1, -0.05) is 42.5 Å². The summed E-state index contributed by atoms with van der Waals surface area (Å²) in [5.74, 6) is -1.75. The summed E-state index contributed by atoms with van der Waals surface area (Å²) < 4.78 is 36.8. The SMILES string of the molecule is OC[C@@H](/C=C/CCc1ccccc1)C(F)(F)F. The molecule has 1 aromatic carbocycles. The molecule has 0 unspecified atom stereocenters. The molecule has 17 heavy (non-hydrogen) atoms. The highest BCUT2D eigenvalue weighted by molar-refractivity contribution is 5.15. The number of hydrogen-bond donors (Lipinski definition) is 1. The largest absolute Gasteiger partial charge is 0.397 e. The van der Waals surface area contributed by atoms with Crippen molar-refractivity contribution in [3.8, 4) is 0 Å². The lowest BCUT2D eigenvalue weighted by Crippen LogP contribution is -2.24. The van der Waals surface area contributed by atoms with E-state index in [1.165, 1.54) is 6.08 Å². The molecule has 0 aliphatic heterocycles. The van der Waals surface area contributed by atoms with Crippen LogP contribution in [0.2, 0.25) is 0 Å². The molecule has 0 amide bonds. The van der Waals surface area contributed by atoms with Gasteiger partial charge in [0.15, 0.2) is 0 Å². The number of aliphatic hydroxyl groups is 1. The Hall–Kier alpha value is -1.29. The maximum atomic E-state index is 12.3. The van der Waals surface area contributed by atoms with Crippen molar-refractivity contribution in [3.05, 3.63) is 48.0 Å². The summed E-state index contributed by atoms with van der Waals surface area (Å²) in [5.41, 5.74) is 1.09. The second-order valence-corrected chi connectivity index (χ2v) is 3.78. The molecule has 0 saturated heterocycles. The van der Waals surface area contributed by atoms with Crippen molar-refractivity contribution in [2.75, 3.05) is 6.61 Å². The van der Waals surface area contributed by atoms with Gasteiger partial charge in [0.2, 0.25) is 0 Å². The van der Waals surface area contributed by atoms with E-state index in [1.807, 2.05) is 30.3 Å². The van der Waals surface area contributed by atoms with E-state index in [0.29, 0.717) is 12.8 Å². The van der Waals surface area contributed by atoms with Crippen LogP contribution in [-0.2, 0) is 6.42 Å². The van der Waals surface area contributed by atoms with Crippen molar-refractivity contribution in [3.63, 3.8) is 0 Å². The van der Waals surface area contributed by atoms with Crippen LogP contribution in [0.1, 0.15) is 12.0 Å². The third-order valence-electron chi connectivity index (χ3n) is 2.43. The number of hydrogen-bond acceptors (Lipinski definition) is 1. The first-order valence-corrected chi connectivity index (χ1v) is 5.42. The van der Waals surface area contributed by atoms with Crippen molar-refractivity contribution >= 4 is 0 Å². The van der Waals surface area contributed by atoms with Gasteiger partial charge < -0.3 is 5.11 Å². The molecule has 0 heterocycles. The smallest absolute Gasteiger partial charge is 0.395 e. The molecule has 94 valence electrons. The summed E-state index contributed by atoms with van der Waals surface area (Å²) in [7, 11) is 0. The van der Waals surface area contributed by atoms with Crippen LogP contribution in [0.3, 0.4) is 0 Å². The molecule has 1 rings (SSSR count). The second-order valence-electron chi connectivity index (χ2n) is 3.78. The third kappa shape index (κ3) is 5.04. The summed E-state index contributed by atoms with van der Waals surface area (Å²) in [4.78, 5) is 0. The van der Waals surface area contributed by atoms with Crippen molar-refractivity contribution in [2.45, 2.75) is 19.0 Å². The molecule has 1 N–H and O–H groups in total. The van der Waals surface area contributed by atoms with Crippen LogP contribution < -0.4 is 0 Å². The quantitative estimate of drug-likeness (QED) is 0.787. The fourth-order valence-corrected chi connectivity index (χ4v) is 1.43. The van der Waals surface area contributed by atoms with Crippen LogP contribution in [0.15, 0.2) is 42.5 Å². The molecular weight excluding hydrogens is 229 g/mol. The van der Waals surface area contributed by atoms with Crippen LogP contribution >= 0.6 is 0 Å².